The van der Waals surface area contributed by atoms with Crippen molar-refractivity contribution in [2.75, 3.05) is 20.3 Å². The molecule has 2 N–H and O–H groups in total. The van der Waals surface area contributed by atoms with Crippen molar-refractivity contribution in [1.82, 2.24) is 15.2 Å². The highest BCUT2D eigenvalue weighted by molar-refractivity contribution is 5.94. The maximum absolute atomic E-state index is 11.7. The quantitative estimate of drug-likeness (QED) is 0.750. The highest BCUT2D eigenvalue weighted by Gasteiger charge is 2.13. The molecule has 0 aliphatic heterocycles. The summed E-state index contributed by atoms with van der Waals surface area (Å²) in [6.07, 6.45) is 3.21. The number of hydrogen-bond acceptors (Lipinski definition) is 5. The largest absolute Gasteiger partial charge is 0.480 e. The van der Waals surface area contributed by atoms with E-state index in [0.29, 0.717) is 6.54 Å². The second-order valence-electron chi connectivity index (χ2n) is 3.95. The third-order valence-electron chi connectivity index (χ3n) is 2.22. The molecule has 0 aliphatic rings. The number of pyridine rings is 1. The first-order valence-electron chi connectivity index (χ1n) is 5.72. The van der Waals surface area contributed by atoms with E-state index < -0.39 is 31.1 Å². The Balaban J connectivity index is 2.34. The Kier molecular flexibility index (Phi) is 6.11. The monoisotopic (exact) mass is 281 g/mol. The number of carboxylic acid groups (broad SMARTS) is 1. The van der Waals surface area contributed by atoms with Gasteiger partial charge in [0.05, 0.1) is 0 Å². The van der Waals surface area contributed by atoms with Gasteiger partial charge in [0.15, 0.2) is 0 Å². The van der Waals surface area contributed by atoms with Crippen LogP contribution in [0.1, 0.15) is 5.56 Å². The maximum Gasteiger partial charge on any atom is 0.329 e. The molecule has 0 atom stereocenters. The van der Waals surface area contributed by atoms with Crippen molar-refractivity contribution in [3.63, 3.8) is 0 Å². The van der Waals surface area contributed by atoms with E-state index in [1.54, 1.807) is 24.5 Å². The first kappa shape index (κ1) is 15.6. The number of hydrogen-bond donors (Lipinski definition) is 2. The lowest BCUT2D eigenvalue weighted by molar-refractivity contribution is -0.143. The van der Waals surface area contributed by atoms with Crippen LogP contribution in [0.15, 0.2) is 24.5 Å². The van der Waals surface area contributed by atoms with E-state index in [4.69, 9.17) is 5.11 Å². The summed E-state index contributed by atoms with van der Waals surface area (Å²) in [4.78, 5) is 38.3. The van der Waals surface area contributed by atoms with Crippen LogP contribution in [0, 0.1) is 0 Å². The summed E-state index contributed by atoms with van der Waals surface area (Å²) in [5.41, 5.74) is 0.868. The van der Waals surface area contributed by atoms with E-state index in [9.17, 15) is 14.4 Å². The molecule has 8 heteroatoms. The minimum atomic E-state index is -1.18. The molecule has 0 fully saturated rings. The van der Waals surface area contributed by atoms with Crippen molar-refractivity contribution in [2.45, 2.75) is 6.54 Å². The second kappa shape index (κ2) is 7.85. The van der Waals surface area contributed by atoms with Gasteiger partial charge in [0, 0.05) is 26.0 Å². The topological polar surface area (TPSA) is 109 Å². The van der Waals surface area contributed by atoms with Crippen molar-refractivity contribution in [3.05, 3.63) is 30.1 Å². The zero-order valence-electron chi connectivity index (χ0n) is 10.9. The normalized spacial score (nSPS) is 9.85. The van der Waals surface area contributed by atoms with Gasteiger partial charge in [-0.25, -0.2) is 9.59 Å². The van der Waals surface area contributed by atoms with Crippen molar-refractivity contribution in [3.8, 4) is 0 Å². The Hall–Kier alpha value is -2.48. The minimum Gasteiger partial charge on any atom is -0.480 e. The Morgan fingerprint density at radius 1 is 1.30 bits per heavy atom. The Morgan fingerprint density at radius 2 is 1.95 bits per heavy atom. The highest BCUT2D eigenvalue weighted by Crippen LogP contribution is 2.00. The van der Waals surface area contributed by atoms with Gasteiger partial charge in [-0.3, -0.25) is 15.1 Å². The third kappa shape index (κ3) is 5.91. The van der Waals surface area contributed by atoms with Gasteiger partial charge in [-0.1, -0.05) is 0 Å². The van der Waals surface area contributed by atoms with Crippen LogP contribution >= 0.6 is 0 Å². The molecule has 0 saturated carbocycles. The molecule has 20 heavy (non-hydrogen) atoms. The molecule has 1 aromatic heterocycles. The number of imide groups is 1. The van der Waals surface area contributed by atoms with E-state index >= 15 is 0 Å². The third-order valence-corrected chi connectivity index (χ3v) is 2.22. The summed E-state index contributed by atoms with van der Waals surface area (Å²) >= 11 is 0. The predicted molar refractivity (Wildman–Crippen MR) is 67.7 cm³/mol. The summed E-state index contributed by atoms with van der Waals surface area (Å²) < 4.78 is 4.57. The molecule has 0 radical (unpaired) electrons. The molecule has 8 nitrogen and oxygen atoms in total. The van der Waals surface area contributed by atoms with Crippen molar-refractivity contribution < 1.29 is 24.2 Å². The molecular weight excluding hydrogens is 266 g/mol. The summed E-state index contributed by atoms with van der Waals surface area (Å²) in [6.45, 7) is -0.757. The second-order valence-corrected chi connectivity index (χ2v) is 3.95. The van der Waals surface area contributed by atoms with Crippen LogP contribution in [-0.2, 0) is 20.9 Å². The van der Waals surface area contributed by atoms with Gasteiger partial charge in [0.2, 0.25) is 0 Å². The van der Waals surface area contributed by atoms with Gasteiger partial charge in [-0.15, -0.1) is 0 Å². The lowest BCUT2D eigenvalue weighted by Crippen LogP contribution is -2.42. The number of urea groups is 1. The average Bonchev–Trinajstić information content (AvgIpc) is 2.39. The number of amides is 3. The van der Waals surface area contributed by atoms with Crippen molar-refractivity contribution >= 4 is 17.9 Å². The van der Waals surface area contributed by atoms with Gasteiger partial charge in [0.1, 0.15) is 13.2 Å². The zero-order chi connectivity index (χ0) is 15.0. The maximum atomic E-state index is 11.7. The first-order valence-corrected chi connectivity index (χ1v) is 5.72. The molecular formula is C12H15N3O5. The summed E-state index contributed by atoms with van der Waals surface area (Å²) in [7, 11) is 1.53. The van der Waals surface area contributed by atoms with E-state index in [0.717, 1.165) is 5.56 Å². The molecule has 3 amide bonds. The number of aliphatic carboxylic acids is 1. The smallest absolute Gasteiger partial charge is 0.329 e. The fourth-order valence-corrected chi connectivity index (χ4v) is 1.32. The summed E-state index contributed by atoms with van der Waals surface area (Å²) in [6, 6.07) is 2.91. The standard InChI is InChI=1S/C12H15N3O5/c1-15(6-9-2-4-13-5-3-9)12(19)14-10(16)7-20-8-11(17)18/h2-5H,6-8H2,1H3,(H,17,18)(H,14,16,19). The number of aromatic nitrogens is 1. The van der Waals surface area contributed by atoms with Crippen LogP contribution in [0.2, 0.25) is 0 Å². The van der Waals surface area contributed by atoms with Crippen molar-refractivity contribution in [2.24, 2.45) is 0 Å². The van der Waals surface area contributed by atoms with Gasteiger partial charge in [-0.05, 0) is 17.7 Å². The molecule has 0 unspecified atom stereocenters. The molecule has 108 valence electrons. The van der Waals surface area contributed by atoms with Crippen LogP contribution in [-0.4, -0.2) is 53.2 Å². The number of carboxylic acids is 1. The zero-order valence-corrected chi connectivity index (χ0v) is 10.9. The average molecular weight is 281 g/mol. The molecule has 0 bridgehead atoms. The van der Waals surface area contributed by atoms with Gasteiger partial charge in [-0.2, -0.15) is 0 Å². The molecule has 1 rings (SSSR count). The fraction of sp³-hybridized carbons (Fsp3) is 0.333. The van der Waals surface area contributed by atoms with Crippen LogP contribution in [0.3, 0.4) is 0 Å². The predicted octanol–water partition coefficient (Wildman–Crippen LogP) is -0.149. The summed E-state index contributed by atoms with van der Waals surface area (Å²) in [5.74, 6) is -1.88. The van der Waals surface area contributed by atoms with E-state index in [1.807, 2.05) is 0 Å². The fourth-order valence-electron chi connectivity index (χ4n) is 1.32. The number of nitrogens with zero attached hydrogens (tertiary/aromatic N) is 2. The van der Waals surface area contributed by atoms with Crippen molar-refractivity contribution in [1.29, 1.82) is 0 Å². The van der Waals surface area contributed by atoms with E-state index in [2.05, 4.69) is 15.0 Å². The highest BCUT2D eigenvalue weighted by atomic mass is 16.5. The molecule has 1 heterocycles. The van der Waals surface area contributed by atoms with Gasteiger partial charge < -0.3 is 14.7 Å². The number of carbonyl (C=O) groups excluding carboxylic acids is 2. The minimum absolute atomic E-state index is 0.317. The Labute approximate surface area is 115 Å². The first-order chi connectivity index (χ1) is 9.49. The molecule has 0 aliphatic carbocycles. The number of carbonyl (C=O) groups is 3. The molecule has 1 aromatic rings. The SMILES string of the molecule is CN(Cc1ccncc1)C(=O)NC(=O)COCC(=O)O. The van der Waals surface area contributed by atoms with Crippen LogP contribution in [0.5, 0.6) is 0 Å². The number of rotatable bonds is 6. The van der Waals surface area contributed by atoms with Crippen LogP contribution < -0.4 is 5.32 Å². The summed E-state index contributed by atoms with van der Waals surface area (Å²) in [5, 5.41) is 10.4. The van der Waals surface area contributed by atoms with E-state index in [-0.39, 0.29) is 0 Å². The molecule has 0 aromatic carbocycles. The molecule has 0 saturated heterocycles. The Morgan fingerprint density at radius 3 is 2.55 bits per heavy atom. The van der Waals surface area contributed by atoms with Gasteiger partial charge in [0.25, 0.3) is 5.91 Å². The van der Waals surface area contributed by atoms with Crippen LogP contribution in [0.25, 0.3) is 0 Å². The van der Waals surface area contributed by atoms with Crippen LogP contribution in [0.4, 0.5) is 4.79 Å². The lowest BCUT2D eigenvalue weighted by Gasteiger charge is -2.17. The van der Waals surface area contributed by atoms with Gasteiger partial charge >= 0.3 is 12.0 Å². The lowest BCUT2D eigenvalue weighted by atomic mass is 10.2. The number of nitrogens with one attached hydrogen (secondary N) is 1. The van der Waals surface area contributed by atoms with E-state index in [1.165, 1.54) is 11.9 Å². The number of ether oxygens (including phenoxy) is 1. The Bertz CT molecular complexity index is 477. The molecule has 0 spiro atoms.